The molecule has 0 bridgehead atoms. The third kappa shape index (κ3) is 2.96. The Morgan fingerprint density at radius 3 is 2.79 bits per heavy atom. The van der Waals surface area contributed by atoms with Crippen molar-refractivity contribution in [1.82, 2.24) is 20.2 Å². The molecule has 0 aliphatic heterocycles. The molecule has 6 heteroatoms. The highest BCUT2D eigenvalue weighted by Gasteiger charge is 2.29. The van der Waals surface area contributed by atoms with Crippen LogP contribution in [-0.2, 0) is 0 Å². The fourth-order valence-electron chi connectivity index (χ4n) is 2.05. The monoisotopic (exact) mass is 275 g/mol. The number of nitrogens with zero attached hydrogens (tertiary/aromatic N) is 4. The zero-order chi connectivity index (χ0) is 13.1. The second-order valence-corrected chi connectivity index (χ2v) is 5.90. The van der Waals surface area contributed by atoms with Crippen LogP contribution in [0.2, 0.25) is 0 Å². The maximum Gasteiger partial charge on any atom is 0.210 e. The van der Waals surface area contributed by atoms with Gasteiger partial charge in [0.05, 0.1) is 6.04 Å². The zero-order valence-corrected chi connectivity index (χ0v) is 11.5. The van der Waals surface area contributed by atoms with Crippen molar-refractivity contribution in [3.05, 3.63) is 35.9 Å². The molecule has 1 aliphatic carbocycles. The van der Waals surface area contributed by atoms with Gasteiger partial charge in [0, 0.05) is 5.25 Å². The van der Waals surface area contributed by atoms with E-state index in [-0.39, 0.29) is 0 Å². The summed E-state index contributed by atoms with van der Waals surface area (Å²) in [7, 11) is 0. The lowest BCUT2D eigenvalue weighted by Gasteiger charge is -2.15. The van der Waals surface area contributed by atoms with Crippen LogP contribution >= 0.6 is 11.8 Å². The third-order valence-electron chi connectivity index (χ3n) is 3.20. The van der Waals surface area contributed by atoms with Crippen LogP contribution in [0.5, 0.6) is 0 Å². The van der Waals surface area contributed by atoms with Crippen LogP contribution in [0.25, 0.3) is 0 Å². The molecular weight excluding hydrogens is 258 g/mol. The minimum Gasteiger partial charge on any atom is -0.330 e. The van der Waals surface area contributed by atoms with Gasteiger partial charge in [-0.25, -0.2) is 4.68 Å². The molecule has 2 aromatic rings. The second-order valence-electron chi connectivity index (χ2n) is 4.73. The van der Waals surface area contributed by atoms with Crippen molar-refractivity contribution in [2.24, 2.45) is 5.73 Å². The van der Waals surface area contributed by atoms with E-state index in [2.05, 4.69) is 39.8 Å². The fourth-order valence-corrected chi connectivity index (χ4v) is 3.23. The third-order valence-corrected chi connectivity index (χ3v) is 4.48. The van der Waals surface area contributed by atoms with Crippen molar-refractivity contribution >= 4 is 11.8 Å². The Morgan fingerprint density at radius 1 is 1.32 bits per heavy atom. The summed E-state index contributed by atoms with van der Waals surface area (Å²) in [6.07, 6.45) is 3.29. The highest BCUT2D eigenvalue weighted by Crippen LogP contribution is 2.41. The number of hydrogen-bond donors (Lipinski definition) is 1. The smallest absolute Gasteiger partial charge is 0.210 e. The minimum absolute atomic E-state index is 0.315. The Bertz CT molecular complexity index is 523. The number of aromatic nitrogens is 4. The van der Waals surface area contributed by atoms with Crippen molar-refractivity contribution in [3.63, 3.8) is 0 Å². The first kappa shape index (κ1) is 12.6. The number of nitrogens with two attached hydrogens (primary N) is 1. The van der Waals surface area contributed by atoms with Crippen molar-refractivity contribution in [3.8, 4) is 0 Å². The predicted octanol–water partition coefficient (Wildman–Crippen LogP) is 2.19. The van der Waals surface area contributed by atoms with E-state index in [1.165, 1.54) is 18.4 Å². The normalized spacial score (nSPS) is 16.5. The van der Waals surface area contributed by atoms with Crippen LogP contribution in [0.3, 0.4) is 0 Å². The molecule has 1 aromatic carbocycles. The van der Waals surface area contributed by atoms with Gasteiger partial charge in [-0.05, 0) is 41.8 Å². The van der Waals surface area contributed by atoms with E-state index >= 15 is 0 Å². The van der Waals surface area contributed by atoms with Gasteiger partial charge in [-0.1, -0.05) is 42.1 Å². The number of thioether (sulfide) groups is 1. The summed E-state index contributed by atoms with van der Waals surface area (Å²) >= 11 is 1.71. The minimum atomic E-state index is 0.315. The van der Waals surface area contributed by atoms with E-state index in [4.69, 9.17) is 5.73 Å². The molecule has 1 unspecified atom stereocenters. The van der Waals surface area contributed by atoms with E-state index in [1.807, 2.05) is 10.7 Å². The molecule has 1 fully saturated rings. The highest BCUT2D eigenvalue weighted by molar-refractivity contribution is 7.99. The Morgan fingerprint density at radius 2 is 2.11 bits per heavy atom. The standard InChI is InChI=1S/C13H17N5S/c14-9-8-12(10-4-2-1-3-5-10)19-13-15-16-17-18(13)11-6-7-11/h1-5,11-12H,6-9,14H2. The first-order valence-electron chi connectivity index (χ1n) is 6.58. The van der Waals surface area contributed by atoms with Crippen LogP contribution in [0.1, 0.15) is 36.1 Å². The largest absolute Gasteiger partial charge is 0.330 e. The molecule has 0 radical (unpaired) electrons. The van der Waals surface area contributed by atoms with Gasteiger partial charge in [0.25, 0.3) is 0 Å². The summed E-state index contributed by atoms with van der Waals surface area (Å²) in [6.45, 7) is 0.664. The molecule has 2 N–H and O–H groups in total. The van der Waals surface area contributed by atoms with Crippen LogP contribution in [0.4, 0.5) is 0 Å². The van der Waals surface area contributed by atoms with E-state index in [9.17, 15) is 0 Å². The van der Waals surface area contributed by atoms with Crippen molar-refractivity contribution in [2.45, 2.75) is 35.7 Å². The molecule has 1 aliphatic rings. The first-order valence-corrected chi connectivity index (χ1v) is 7.46. The Kier molecular flexibility index (Phi) is 3.79. The fraction of sp³-hybridized carbons (Fsp3) is 0.462. The molecule has 0 amide bonds. The molecule has 1 heterocycles. The van der Waals surface area contributed by atoms with Gasteiger partial charge in [0.1, 0.15) is 0 Å². The SMILES string of the molecule is NCCC(Sc1nnnn1C1CC1)c1ccccc1. The first-order chi connectivity index (χ1) is 9.38. The Labute approximate surface area is 116 Å². The Balaban J connectivity index is 1.79. The number of hydrogen-bond acceptors (Lipinski definition) is 5. The van der Waals surface area contributed by atoms with Crippen molar-refractivity contribution in [2.75, 3.05) is 6.54 Å². The van der Waals surface area contributed by atoms with Crippen LogP contribution < -0.4 is 5.73 Å². The molecule has 19 heavy (non-hydrogen) atoms. The van der Waals surface area contributed by atoms with Gasteiger partial charge in [-0.3, -0.25) is 0 Å². The second kappa shape index (κ2) is 5.71. The van der Waals surface area contributed by atoms with E-state index in [0.29, 0.717) is 17.8 Å². The quantitative estimate of drug-likeness (QED) is 0.818. The average molecular weight is 275 g/mol. The van der Waals surface area contributed by atoms with Crippen molar-refractivity contribution in [1.29, 1.82) is 0 Å². The van der Waals surface area contributed by atoms with E-state index in [1.54, 1.807) is 11.8 Å². The predicted molar refractivity (Wildman–Crippen MR) is 74.8 cm³/mol. The number of tetrazole rings is 1. The lowest BCUT2D eigenvalue weighted by molar-refractivity contribution is 0.564. The van der Waals surface area contributed by atoms with Gasteiger partial charge in [-0.15, -0.1) is 5.10 Å². The summed E-state index contributed by atoms with van der Waals surface area (Å²) in [4.78, 5) is 0. The molecule has 0 spiro atoms. The molecule has 1 atom stereocenters. The van der Waals surface area contributed by atoms with E-state index < -0.39 is 0 Å². The summed E-state index contributed by atoms with van der Waals surface area (Å²) < 4.78 is 1.96. The topological polar surface area (TPSA) is 69.6 Å². The maximum absolute atomic E-state index is 5.73. The molecule has 5 nitrogen and oxygen atoms in total. The number of rotatable bonds is 6. The van der Waals surface area contributed by atoms with Crippen LogP contribution in [0.15, 0.2) is 35.5 Å². The molecule has 100 valence electrons. The lowest BCUT2D eigenvalue weighted by atomic mass is 10.1. The van der Waals surface area contributed by atoms with Gasteiger partial charge >= 0.3 is 0 Å². The summed E-state index contributed by atoms with van der Waals surface area (Å²) in [5.41, 5.74) is 7.01. The van der Waals surface area contributed by atoms with Crippen molar-refractivity contribution < 1.29 is 0 Å². The van der Waals surface area contributed by atoms with Gasteiger partial charge in [0.2, 0.25) is 5.16 Å². The molecule has 1 aromatic heterocycles. The summed E-state index contributed by atoms with van der Waals surface area (Å²) in [6, 6.07) is 10.9. The lowest BCUT2D eigenvalue weighted by Crippen LogP contribution is -2.07. The molecule has 1 saturated carbocycles. The summed E-state index contributed by atoms with van der Waals surface area (Å²) in [5.74, 6) is 0. The maximum atomic E-state index is 5.73. The van der Waals surface area contributed by atoms with Gasteiger partial charge in [0.15, 0.2) is 0 Å². The van der Waals surface area contributed by atoms with Gasteiger partial charge < -0.3 is 5.73 Å². The molecule has 0 saturated heterocycles. The van der Waals surface area contributed by atoms with Crippen LogP contribution in [0, 0.1) is 0 Å². The van der Waals surface area contributed by atoms with Crippen LogP contribution in [-0.4, -0.2) is 26.8 Å². The average Bonchev–Trinajstić information content (AvgIpc) is 3.19. The Hall–Kier alpha value is -1.40. The molecular formula is C13H17N5S. The molecule has 3 rings (SSSR count). The highest BCUT2D eigenvalue weighted by atomic mass is 32.2. The number of benzene rings is 1. The van der Waals surface area contributed by atoms with Gasteiger partial charge in [-0.2, -0.15) is 0 Å². The summed E-state index contributed by atoms with van der Waals surface area (Å²) in [5, 5.41) is 13.3. The van der Waals surface area contributed by atoms with E-state index in [0.717, 1.165) is 11.6 Å². The zero-order valence-electron chi connectivity index (χ0n) is 10.6.